The molecular weight excluding hydrogens is 308 g/mol. The van der Waals surface area contributed by atoms with Crippen molar-refractivity contribution in [1.29, 1.82) is 0 Å². The van der Waals surface area contributed by atoms with Crippen molar-refractivity contribution < 1.29 is 9.39 Å². The summed E-state index contributed by atoms with van der Waals surface area (Å²) >= 11 is 0. The molecule has 1 N–H and O–H groups in total. The average molecular weight is 333 g/mol. The van der Waals surface area contributed by atoms with Gasteiger partial charge in [0, 0.05) is 17.0 Å². The molecule has 3 nitrogen and oxygen atoms in total. The molecular formula is C22H25N2O+. The number of carbonyl (C=O) groups excluding carboxylic acids is 1. The second-order valence-electron chi connectivity index (χ2n) is 8.15. The molecule has 1 saturated heterocycles. The van der Waals surface area contributed by atoms with Gasteiger partial charge in [-0.2, -0.15) is 0 Å². The molecule has 3 fully saturated rings. The van der Waals surface area contributed by atoms with E-state index in [1.54, 1.807) is 0 Å². The third kappa shape index (κ3) is 2.41. The Bertz CT molecular complexity index is 732. The summed E-state index contributed by atoms with van der Waals surface area (Å²) in [6.07, 6.45) is 3.80. The molecule has 1 aliphatic heterocycles. The third-order valence-corrected chi connectivity index (χ3v) is 6.69. The molecule has 4 unspecified atom stereocenters. The first-order chi connectivity index (χ1) is 12.3. The van der Waals surface area contributed by atoms with E-state index in [4.69, 9.17) is 0 Å². The molecule has 3 aliphatic rings. The van der Waals surface area contributed by atoms with Gasteiger partial charge in [0.25, 0.3) is 5.91 Å². The first kappa shape index (κ1) is 15.2. The van der Waals surface area contributed by atoms with Crippen LogP contribution in [-0.4, -0.2) is 16.5 Å². The second kappa shape index (κ2) is 5.70. The number of hydrogen-bond acceptors (Lipinski definition) is 1. The Morgan fingerprint density at radius 3 is 2.00 bits per heavy atom. The lowest BCUT2D eigenvalue weighted by Crippen LogP contribution is -2.59. The van der Waals surface area contributed by atoms with Crippen molar-refractivity contribution in [2.45, 2.75) is 38.4 Å². The highest BCUT2D eigenvalue weighted by Crippen LogP contribution is 2.55. The van der Waals surface area contributed by atoms with Gasteiger partial charge in [-0.25, -0.2) is 10.0 Å². The maximum Gasteiger partial charge on any atom is 0.274 e. The first-order valence-corrected chi connectivity index (χ1v) is 9.52. The summed E-state index contributed by atoms with van der Waals surface area (Å²) in [5.41, 5.74) is 6.08. The van der Waals surface area contributed by atoms with Crippen LogP contribution in [0.15, 0.2) is 60.7 Å². The fourth-order valence-corrected chi connectivity index (χ4v) is 5.87. The Morgan fingerprint density at radius 2 is 1.40 bits per heavy atom. The molecule has 2 aliphatic carbocycles. The smallest absolute Gasteiger partial charge is 0.269 e. The van der Waals surface area contributed by atoms with Crippen LogP contribution in [-0.2, 0) is 17.9 Å². The summed E-state index contributed by atoms with van der Waals surface area (Å²) in [5, 5.41) is 0. The van der Waals surface area contributed by atoms with E-state index >= 15 is 0 Å². The van der Waals surface area contributed by atoms with Crippen LogP contribution < -0.4 is 5.43 Å². The average Bonchev–Trinajstić information content (AvgIpc) is 3.31. The number of rotatable bonds is 4. The van der Waals surface area contributed by atoms with Crippen LogP contribution in [0.3, 0.4) is 0 Å². The van der Waals surface area contributed by atoms with Crippen LogP contribution in [0.5, 0.6) is 0 Å². The van der Waals surface area contributed by atoms with Crippen molar-refractivity contribution in [3.63, 3.8) is 0 Å². The second-order valence-corrected chi connectivity index (χ2v) is 8.15. The fraction of sp³-hybridized carbons (Fsp3) is 0.409. The molecule has 0 spiro atoms. The minimum atomic E-state index is 0.228. The molecule has 2 aromatic rings. The summed E-state index contributed by atoms with van der Waals surface area (Å²) in [6.45, 7) is 1.76. The molecule has 128 valence electrons. The van der Waals surface area contributed by atoms with Crippen molar-refractivity contribution in [2.24, 2.45) is 17.8 Å². The Morgan fingerprint density at radius 1 is 0.840 bits per heavy atom. The lowest BCUT2D eigenvalue weighted by molar-refractivity contribution is -1.00. The number of nitrogens with zero attached hydrogens (tertiary/aromatic N) is 1. The van der Waals surface area contributed by atoms with Gasteiger partial charge in [0.05, 0.1) is 5.92 Å². The molecule has 0 aromatic heterocycles. The normalized spacial score (nSPS) is 31.8. The van der Waals surface area contributed by atoms with Crippen LogP contribution in [0, 0.1) is 17.8 Å². The lowest BCUT2D eigenvalue weighted by atomic mass is 9.84. The summed E-state index contributed by atoms with van der Waals surface area (Å²) in [4.78, 5) is 12.9. The minimum Gasteiger partial charge on any atom is -0.269 e. The SMILES string of the molecule is O=C1N[N+](Cc2ccccc2)(Cc2ccccc2)C2C3CCC(C3)C12. The van der Waals surface area contributed by atoms with Crippen molar-refractivity contribution in [3.8, 4) is 0 Å². The van der Waals surface area contributed by atoms with E-state index < -0.39 is 0 Å². The maximum absolute atomic E-state index is 12.9. The van der Waals surface area contributed by atoms with Crippen LogP contribution in [0.25, 0.3) is 0 Å². The number of nitrogens with one attached hydrogen (secondary N) is 1. The van der Waals surface area contributed by atoms with Crippen LogP contribution in [0.1, 0.15) is 30.4 Å². The Hall–Kier alpha value is -2.13. The van der Waals surface area contributed by atoms with Crippen molar-refractivity contribution >= 4 is 5.91 Å². The zero-order valence-corrected chi connectivity index (χ0v) is 14.5. The monoisotopic (exact) mass is 333 g/mol. The van der Waals surface area contributed by atoms with Gasteiger partial charge in [-0.1, -0.05) is 60.7 Å². The summed E-state index contributed by atoms with van der Waals surface area (Å²) < 4.78 is 0.707. The number of carbonyl (C=O) groups is 1. The summed E-state index contributed by atoms with van der Waals surface area (Å²) in [5.74, 6) is 1.83. The highest BCUT2D eigenvalue weighted by molar-refractivity contribution is 5.80. The van der Waals surface area contributed by atoms with Crippen LogP contribution in [0.4, 0.5) is 0 Å². The van der Waals surface area contributed by atoms with Crippen molar-refractivity contribution in [3.05, 3.63) is 71.8 Å². The Labute approximate surface area is 149 Å². The van der Waals surface area contributed by atoms with Crippen LogP contribution >= 0.6 is 0 Å². The number of amides is 1. The molecule has 3 heteroatoms. The molecule has 2 bridgehead atoms. The molecule has 2 aromatic carbocycles. The van der Waals surface area contributed by atoms with E-state index in [0.29, 0.717) is 28.4 Å². The van der Waals surface area contributed by atoms with E-state index in [2.05, 4.69) is 66.1 Å². The van der Waals surface area contributed by atoms with E-state index in [1.807, 2.05) is 0 Å². The highest BCUT2D eigenvalue weighted by Gasteiger charge is 2.65. The molecule has 4 atom stereocenters. The predicted molar refractivity (Wildman–Crippen MR) is 96.8 cm³/mol. The molecule has 2 saturated carbocycles. The van der Waals surface area contributed by atoms with E-state index in [1.165, 1.54) is 30.4 Å². The Kier molecular flexibility index (Phi) is 3.46. The van der Waals surface area contributed by atoms with Gasteiger partial charge in [0.15, 0.2) is 0 Å². The van der Waals surface area contributed by atoms with Gasteiger partial charge in [0.1, 0.15) is 19.1 Å². The fourth-order valence-electron chi connectivity index (χ4n) is 5.87. The molecule has 25 heavy (non-hydrogen) atoms. The van der Waals surface area contributed by atoms with Gasteiger partial charge in [-0.15, -0.1) is 0 Å². The lowest BCUT2D eigenvalue weighted by Gasteiger charge is -2.41. The molecule has 1 amide bonds. The standard InChI is InChI=1S/C22H24N2O/c25-22-20-18-11-12-19(13-18)21(20)24(23-22,14-16-7-3-1-4-8-16)15-17-9-5-2-6-10-17/h1-10,18-21H,11-15H2/p+1. The minimum absolute atomic E-state index is 0.228. The predicted octanol–water partition coefficient (Wildman–Crippen LogP) is 3.66. The largest absolute Gasteiger partial charge is 0.274 e. The van der Waals surface area contributed by atoms with Crippen molar-refractivity contribution in [1.82, 2.24) is 5.43 Å². The summed E-state index contributed by atoms with van der Waals surface area (Å²) in [6, 6.07) is 21.7. The zero-order valence-electron chi connectivity index (χ0n) is 14.5. The third-order valence-electron chi connectivity index (χ3n) is 6.69. The quantitative estimate of drug-likeness (QED) is 0.850. The maximum atomic E-state index is 12.9. The number of hydrogen-bond donors (Lipinski definition) is 1. The molecule has 5 rings (SSSR count). The van der Waals surface area contributed by atoms with Gasteiger partial charge < -0.3 is 0 Å². The number of fused-ring (bicyclic) bond motifs is 5. The molecule has 0 radical (unpaired) electrons. The van der Waals surface area contributed by atoms with E-state index in [-0.39, 0.29) is 5.92 Å². The van der Waals surface area contributed by atoms with Gasteiger partial charge in [0.2, 0.25) is 0 Å². The summed E-state index contributed by atoms with van der Waals surface area (Å²) in [7, 11) is 0. The number of benzene rings is 2. The van der Waals surface area contributed by atoms with Gasteiger partial charge in [-0.05, 0) is 25.2 Å². The highest BCUT2D eigenvalue weighted by atomic mass is 16.2. The topological polar surface area (TPSA) is 29.1 Å². The number of quaternary nitrogens is 1. The van der Waals surface area contributed by atoms with E-state index in [0.717, 1.165) is 13.1 Å². The van der Waals surface area contributed by atoms with Gasteiger partial charge >= 0.3 is 0 Å². The van der Waals surface area contributed by atoms with E-state index in [9.17, 15) is 4.79 Å². The first-order valence-electron chi connectivity index (χ1n) is 9.52. The zero-order chi connectivity index (χ0) is 16.9. The van der Waals surface area contributed by atoms with Gasteiger partial charge in [-0.3, -0.25) is 4.79 Å². The van der Waals surface area contributed by atoms with Crippen molar-refractivity contribution in [2.75, 3.05) is 0 Å². The van der Waals surface area contributed by atoms with Crippen LogP contribution in [0.2, 0.25) is 0 Å². The Balaban J connectivity index is 1.55. The molecule has 1 heterocycles.